The van der Waals surface area contributed by atoms with Gasteiger partial charge in [-0.05, 0) is 62.1 Å². The summed E-state index contributed by atoms with van der Waals surface area (Å²) in [6.45, 7) is 3.53. The minimum absolute atomic E-state index is 0.0593. The number of rotatable bonds is 5. The van der Waals surface area contributed by atoms with Gasteiger partial charge in [-0.1, -0.05) is 18.6 Å². The largest absolute Gasteiger partial charge is 0.322 e. The minimum atomic E-state index is -3.59. The molecular weight excluding hydrogens is 414 g/mol. The van der Waals surface area contributed by atoms with Crippen LogP contribution in [0.3, 0.4) is 0 Å². The van der Waals surface area contributed by atoms with E-state index in [2.05, 4.69) is 5.32 Å². The zero-order valence-corrected chi connectivity index (χ0v) is 18.5. The Morgan fingerprint density at radius 2 is 1.74 bits per heavy atom. The number of carbonyl (C=O) groups is 2. The Morgan fingerprint density at radius 3 is 2.45 bits per heavy atom. The molecule has 0 bridgehead atoms. The van der Waals surface area contributed by atoms with Crippen LogP contribution in [0.4, 0.5) is 11.4 Å². The number of nitrogens with zero attached hydrogens (tertiary/aromatic N) is 2. The van der Waals surface area contributed by atoms with Crippen LogP contribution in [0, 0.1) is 6.92 Å². The van der Waals surface area contributed by atoms with E-state index in [-0.39, 0.29) is 16.7 Å². The zero-order valence-electron chi connectivity index (χ0n) is 17.6. The minimum Gasteiger partial charge on any atom is -0.322 e. The fraction of sp³-hybridized carbons (Fsp3) is 0.391. The van der Waals surface area contributed by atoms with Crippen molar-refractivity contribution < 1.29 is 18.0 Å². The van der Waals surface area contributed by atoms with Gasteiger partial charge < -0.3 is 10.2 Å². The van der Waals surface area contributed by atoms with Crippen molar-refractivity contribution in [1.82, 2.24) is 4.31 Å². The Bertz CT molecular complexity index is 1110. The number of sulfonamides is 1. The van der Waals surface area contributed by atoms with Gasteiger partial charge in [-0.3, -0.25) is 9.59 Å². The van der Waals surface area contributed by atoms with E-state index in [4.69, 9.17) is 0 Å². The quantitative estimate of drug-likeness (QED) is 0.769. The first-order valence-electron chi connectivity index (χ1n) is 10.7. The number of piperidine rings is 1. The first-order chi connectivity index (χ1) is 14.9. The van der Waals surface area contributed by atoms with Crippen LogP contribution in [0.2, 0.25) is 0 Å². The molecule has 0 aromatic heterocycles. The molecule has 2 aliphatic rings. The molecule has 2 aromatic carbocycles. The molecule has 0 saturated carbocycles. The summed E-state index contributed by atoms with van der Waals surface area (Å²) in [4.78, 5) is 26.8. The normalized spacial score (nSPS) is 17.7. The number of amides is 2. The molecule has 2 saturated heterocycles. The summed E-state index contributed by atoms with van der Waals surface area (Å²) in [7, 11) is -3.59. The van der Waals surface area contributed by atoms with Crippen molar-refractivity contribution in [2.24, 2.45) is 0 Å². The lowest BCUT2D eigenvalue weighted by molar-refractivity contribution is -0.117. The summed E-state index contributed by atoms with van der Waals surface area (Å²) in [6, 6.07) is 11.8. The standard InChI is InChI=1S/C23H27N3O4S/c1-17-10-11-20(31(29,30)25-12-3-2-4-13-25)16-21(17)24-23(28)18-7-5-8-19(15-18)26-14-6-9-22(26)27/h5,7-8,10-11,15-16H,2-4,6,9,12-14H2,1H3,(H,24,28). The van der Waals surface area contributed by atoms with E-state index in [1.165, 1.54) is 10.4 Å². The van der Waals surface area contributed by atoms with Gasteiger partial charge in [0, 0.05) is 43.0 Å². The summed E-state index contributed by atoms with van der Waals surface area (Å²) >= 11 is 0. The van der Waals surface area contributed by atoms with Crippen LogP contribution in [0.5, 0.6) is 0 Å². The fourth-order valence-electron chi connectivity index (χ4n) is 4.08. The van der Waals surface area contributed by atoms with Gasteiger partial charge in [0.2, 0.25) is 15.9 Å². The first-order valence-corrected chi connectivity index (χ1v) is 12.1. The highest BCUT2D eigenvalue weighted by atomic mass is 32.2. The molecule has 0 aliphatic carbocycles. The van der Waals surface area contributed by atoms with Crippen LogP contribution < -0.4 is 10.2 Å². The number of hydrogen-bond donors (Lipinski definition) is 1. The fourth-order valence-corrected chi connectivity index (χ4v) is 5.63. The van der Waals surface area contributed by atoms with Gasteiger partial charge in [-0.2, -0.15) is 4.31 Å². The molecule has 164 valence electrons. The van der Waals surface area contributed by atoms with Gasteiger partial charge >= 0.3 is 0 Å². The van der Waals surface area contributed by atoms with Crippen molar-refractivity contribution in [3.63, 3.8) is 0 Å². The molecule has 7 nitrogen and oxygen atoms in total. The maximum atomic E-state index is 13.0. The highest BCUT2D eigenvalue weighted by Crippen LogP contribution is 2.27. The summed E-state index contributed by atoms with van der Waals surface area (Å²) in [5.74, 6) is -0.284. The zero-order chi connectivity index (χ0) is 22.0. The lowest BCUT2D eigenvalue weighted by atomic mass is 10.1. The number of anilines is 2. The lowest BCUT2D eigenvalue weighted by Gasteiger charge is -2.26. The third-order valence-electron chi connectivity index (χ3n) is 5.90. The number of carbonyl (C=O) groups excluding carboxylic acids is 2. The molecule has 2 aliphatic heterocycles. The van der Waals surface area contributed by atoms with Crippen molar-refractivity contribution in [3.05, 3.63) is 53.6 Å². The highest BCUT2D eigenvalue weighted by molar-refractivity contribution is 7.89. The summed E-state index contributed by atoms with van der Waals surface area (Å²) in [5.41, 5.74) is 2.36. The topological polar surface area (TPSA) is 86.8 Å². The molecule has 8 heteroatoms. The lowest BCUT2D eigenvalue weighted by Crippen LogP contribution is -2.35. The van der Waals surface area contributed by atoms with Crippen LogP contribution in [0.15, 0.2) is 47.4 Å². The van der Waals surface area contributed by atoms with Crippen LogP contribution in [0.25, 0.3) is 0 Å². The Morgan fingerprint density at radius 1 is 0.968 bits per heavy atom. The van der Waals surface area contributed by atoms with Gasteiger partial charge in [-0.15, -0.1) is 0 Å². The monoisotopic (exact) mass is 441 g/mol. The molecule has 1 N–H and O–H groups in total. The number of aryl methyl sites for hydroxylation is 1. The van der Waals surface area contributed by atoms with Gasteiger partial charge in [0.25, 0.3) is 5.91 Å². The predicted octanol–water partition coefficient (Wildman–Crippen LogP) is 3.55. The van der Waals surface area contributed by atoms with E-state index in [9.17, 15) is 18.0 Å². The first kappa shape index (κ1) is 21.5. The second kappa shape index (κ2) is 8.80. The van der Waals surface area contributed by atoms with Crippen molar-refractivity contribution in [1.29, 1.82) is 0 Å². The third-order valence-corrected chi connectivity index (χ3v) is 7.80. The third kappa shape index (κ3) is 4.50. The summed E-state index contributed by atoms with van der Waals surface area (Å²) in [6.07, 6.45) is 4.11. The van der Waals surface area contributed by atoms with E-state index in [1.54, 1.807) is 35.2 Å². The summed E-state index contributed by atoms with van der Waals surface area (Å²) in [5, 5.41) is 2.85. The van der Waals surface area contributed by atoms with Crippen LogP contribution in [0.1, 0.15) is 48.0 Å². The van der Waals surface area contributed by atoms with Crippen LogP contribution in [-0.2, 0) is 14.8 Å². The molecule has 0 atom stereocenters. The predicted molar refractivity (Wildman–Crippen MR) is 120 cm³/mol. The van der Waals surface area contributed by atoms with E-state index >= 15 is 0 Å². The van der Waals surface area contributed by atoms with Gasteiger partial charge in [0.05, 0.1) is 4.90 Å². The van der Waals surface area contributed by atoms with Crippen LogP contribution >= 0.6 is 0 Å². The van der Waals surface area contributed by atoms with E-state index in [1.807, 2.05) is 13.0 Å². The van der Waals surface area contributed by atoms with Gasteiger partial charge in [0.1, 0.15) is 0 Å². The Balaban J connectivity index is 1.56. The van der Waals surface area contributed by atoms with Gasteiger partial charge in [0.15, 0.2) is 0 Å². The molecular formula is C23H27N3O4S. The maximum Gasteiger partial charge on any atom is 0.255 e. The van der Waals surface area contributed by atoms with Gasteiger partial charge in [-0.25, -0.2) is 8.42 Å². The van der Waals surface area contributed by atoms with Crippen molar-refractivity contribution >= 4 is 33.2 Å². The Kier molecular flexibility index (Phi) is 6.11. The Labute approximate surface area is 183 Å². The Hall–Kier alpha value is -2.71. The molecule has 31 heavy (non-hydrogen) atoms. The maximum absolute atomic E-state index is 13.0. The molecule has 0 spiro atoms. The average Bonchev–Trinajstić information content (AvgIpc) is 3.21. The average molecular weight is 442 g/mol. The second-order valence-corrected chi connectivity index (χ2v) is 10.0. The van der Waals surface area contributed by atoms with Crippen molar-refractivity contribution in [2.75, 3.05) is 29.9 Å². The molecule has 4 rings (SSSR count). The highest BCUT2D eigenvalue weighted by Gasteiger charge is 2.27. The van der Waals surface area contributed by atoms with E-state index < -0.39 is 10.0 Å². The van der Waals surface area contributed by atoms with Crippen molar-refractivity contribution in [2.45, 2.75) is 43.9 Å². The van der Waals surface area contributed by atoms with E-state index in [0.29, 0.717) is 43.0 Å². The molecule has 2 fully saturated rings. The molecule has 2 aromatic rings. The molecule has 0 radical (unpaired) electrons. The smallest absolute Gasteiger partial charge is 0.255 e. The molecule has 2 heterocycles. The number of benzene rings is 2. The summed E-state index contributed by atoms with van der Waals surface area (Å²) < 4.78 is 27.5. The van der Waals surface area contributed by atoms with Crippen LogP contribution in [-0.4, -0.2) is 44.2 Å². The van der Waals surface area contributed by atoms with Crippen molar-refractivity contribution in [3.8, 4) is 0 Å². The molecule has 2 amide bonds. The van der Waals surface area contributed by atoms with E-state index in [0.717, 1.165) is 31.2 Å². The second-order valence-electron chi connectivity index (χ2n) is 8.09. The SMILES string of the molecule is Cc1ccc(S(=O)(=O)N2CCCCC2)cc1NC(=O)c1cccc(N2CCCC2=O)c1. The number of hydrogen-bond acceptors (Lipinski definition) is 4. The molecule has 0 unspecified atom stereocenters. The number of nitrogens with one attached hydrogen (secondary N) is 1.